The highest BCUT2D eigenvalue weighted by atomic mass is 16.6. The van der Waals surface area contributed by atoms with Crippen molar-refractivity contribution in [3.8, 4) is 5.75 Å². The van der Waals surface area contributed by atoms with Gasteiger partial charge in [0.1, 0.15) is 17.3 Å². The van der Waals surface area contributed by atoms with Crippen LogP contribution < -0.4 is 9.64 Å². The molecule has 3 aliphatic rings. The summed E-state index contributed by atoms with van der Waals surface area (Å²) in [5.74, 6) is -0.807. The number of hydrogen-bond donors (Lipinski definition) is 0. The number of methoxy groups -OCH3 is 1. The van der Waals surface area contributed by atoms with Crippen molar-refractivity contribution in [3.05, 3.63) is 36.4 Å². The summed E-state index contributed by atoms with van der Waals surface area (Å²) in [7, 11) is 1.60. The van der Waals surface area contributed by atoms with E-state index in [-0.39, 0.29) is 18.0 Å². The number of carbonyl (C=O) groups is 2. The van der Waals surface area contributed by atoms with Gasteiger partial charge in [0.25, 0.3) is 0 Å². The van der Waals surface area contributed by atoms with Crippen molar-refractivity contribution >= 4 is 17.6 Å². The maximum Gasteiger partial charge on any atom is 0.312 e. The van der Waals surface area contributed by atoms with Crippen molar-refractivity contribution in [2.45, 2.75) is 18.6 Å². The topological polar surface area (TPSA) is 65.1 Å². The second-order valence-corrected chi connectivity index (χ2v) is 6.27. The third-order valence-electron chi connectivity index (χ3n) is 5.04. The first-order chi connectivity index (χ1) is 11.6. The molecule has 126 valence electrons. The van der Waals surface area contributed by atoms with Crippen molar-refractivity contribution in [2.24, 2.45) is 11.8 Å². The van der Waals surface area contributed by atoms with Gasteiger partial charge in [0.05, 0.1) is 32.3 Å². The second kappa shape index (κ2) is 5.34. The summed E-state index contributed by atoms with van der Waals surface area (Å²) < 4.78 is 16.4. The van der Waals surface area contributed by atoms with E-state index in [1.807, 2.05) is 36.4 Å². The number of benzene rings is 1. The van der Waals surface area contributed by atoms with Gasteiger partial charge in [-0.05, 0) is 31.2 Å². The lowest BCUT2D eigenvalue weighted by Gasteiger charge is -2.22. The van der Waals surface area contributed by atoms with Crippen LogP contribution in [-0.4, -0.2) is 43.8 Å². The Morgan fingerprint density at radius 3 is 2.79 bits per heavy atom. The minimum Gasteiger partial charge on any atom is -0.497 e. The fourth-order valence-electron chi connectivity index (χ4n) is 3.99. The van der Waals surface area contributed by atoms with E-state index in [4.69, 9.17) is 14.2 Å². The zero-order chi connectivity index (χ0) is 16.9. The Balaban J connectivity index is 1.65. The molecule has 0 saturated carbocycles. The molecule has 4 atom stereocenters. The molecule has 0 unspecified atom stereocenters. The molecule has 1 amide bonds. The van der Waals surface area contributed by atoms with Crippen LogP contribution in [0, 0.1) is 11.8 Å². The highest BCUT2D eigenvalue weighted by molar-refractivity contribution is 6.02. The van der Waals surface area contributed by atoms with E-state index < -0.39 is 17.4 Å². The number of anilines is 1. The molecule has 0 N–H and O–H groups in total. The van der Waals surface area contributed by atoms with Gasteiger partial charge in [0.2, 0.25) is 5.91 Å². The van der Waals surface area contributed by atoms with Gasteiger partial charge in [-0.25, -0.2) is 0 Å². The van der Waals surface area contributed by atoms with Crippen LogP contribution in [-0.2, 0) is 19.1 Å². The van der Waals surface area contributed by atoms with E-state index in [1.165, 1.54) is 0 Å². The van der Waals surface area contributed by atoms with Crippen molar-refractivity contribution in [2.75, 3.05) is 25.2 Å². The molecule has 3 aliphatic heterocycles. The van der Waals surface area contributed by atoms with Gasteiger partial charge in [0, 0.05) is 5.69 Å². The molecular formula is C18H19NO5. The molecular weight excluding hydrogens is 310 g/mol. The van der Waals surface area contributed by atoms with E-state index in [9.17, 15) is 9.59 Å². The minimum absolute atomic E-state index is 0.0925. The molecule has 1 aromatic rings. The summed E-state index contributed by atoms with van der Waals surface area (Å²) in [6.45, 7) is 2.46. The molecule has 3 heterocycles. The van der Waals surface area contributed by atoms with Gasteiger partial charge in [-0.3, -0.25) is 9.59 Å². The number of hydrogen-bond acceptors (Lipinski definition) is 5. The molecule has 4 rings (SSSR count). The summed E-state index contributed by atoms with van der Waals surface area (Å²) in [6.07, 6.45) is 3.44. The Morgan fingerprint density at radius 1 is 1.38 bits per heavy atom. The van der Waals surface area contributed by atoms with E-state index in [2.05, 4.69) is 0 Å². The average molecular weight is 329 g/mol. The van der Waals surface area contributed by atoms with Gasteiger partial charge in [0.15, 0.2) is 0 Å². The Hall–Kier alpha value is -2.34. The summed E-state index contributed by atoms with van der Waals surface area (Å²) in [5, 5.41) is 0. The van der Waals surface area contributed by atoms with Crippen LogP contribution in [0.2, 0.25) is 0 Å². The SMILES string of the molecule is CCOC(=O)[C@@H]1[C@@H]2C=C[C@]3(CN(c4ccc(OC)cc4)C(=O)[C@H]13)O2. The lowest BCUT2D eigenvalue weighted by Crippen LogP contribution is -2.40. The number of carbonyl (C=O) groups excluding carboxylic acids is 2. The molecule has 1 aromatic carbocycles. The summed E-state index contributed by atoms with van der Waals surface area (Å²) in [4.78, 5) is 27.0. The number of fused-ring (bicyclic) bond motifs is 1. The van der Waals surface area contributed by atoms with Gasteiger partial charge in [-0.1, -0.05) is 12.2 Å². The summed E-state index contributed by atoms with van der Waals surface area (Å²) in [5.41, 5.74) is 0.0478. The first-order valence-electron chi connectivity index (χ1n) is 8.09. The standard InChI is InChI=1S/C18H19NO5/c1-3-23-17(21)14-13-8-9-18(24-13)10-19(16(20)15(14)18)11-4-6-12(22-2)7-5-11/h4-9,13-15H,3,10H2,1-2H3/t13-,14+,15-,18+/m0/s1. The predicted molar refractivity (Wildman–Crippen MR) is 85.7 cm³/mol. The van der Waals surface area contributed by atoms with Crippen molar-refractivity contribution in [1.82, 2.24) is 0 Å². The minimum atomic E-state index is -0.723. The van der Waals surface area contributed by atoms with E-state index >= 15 is 0 Å². The summed E-state index contributed by atoms with van der Waals surface area (Å²) >= 11 is 0. The maximum atomic E-state index is 13.0. The highest BCUT2D eigenvalue weighted by Gasteiger charge is 2.67. The molecule has 1 spiro atoms. The smallest absolute Gasteiger partial charge is 0.312 e. The quantitative estimate of drug-likeness (QED) is 0.619. The van der Waals surface area contributed by atoms with Crippen molar-refractivity contribution < 1.29 is 23.8 Å². The number of esters is 1. The van der Waals surface area contributed by atoms with Crippen LogP contribution in [0.4, 0.5) is 5.69 Å². The van der Waals surface area contributed by atoms with Crippen LogP contribution in [0.15, 0.2) is 36.4 Å². The first-order valence-corrected chi connectivity index (χ1v) is 8.09. The van der Waals surface area contributed by atoms with Gasteiger partial charge < -0.3 is 19.1 Å². The zero-order valence-electron chi connectivity index (χ0n) is 13.6. The molecule has 2 saturated heterocycles. The maximum absolute atomic E-state index is 13.0. The molecule has 24 heavy (non-hydrogen) atoms. The Labute approximate surface area is 140 Å². The second-order valence-electron chi connectivity index (χ2n) is 6.27. The Bertz CT molecular complexity index is 713. The van der Waals surface area contributed by atoms with E-state index in [1.54, 1.807) is 18.9 Å². The summed E-state index contributed by atoms with van der Waals surface area (Å²) in [6, 6.07) is 7.30. The third-order valence-corrected chi connectivity index (χ3v) is 5.04. The van der Waals surface area contributed by atoms with Crippen LogP contribution >= 0.6 is 0 Å². The Kier molecular flexibility index (Phi) is 3.38. The van der Waals surface area contributed by atoms with Crippen LogP contribution in [0.3, 0.4) is 0 Å². The van der Waals surface area contributed by atoms with E-state index in [0.717, 1.165) is 11.4 Å². The van der Waals surface area contributed by atoms with Crippen molar-refractivity contribution in [3.63, 3.8) is 0 Å². The molecule has 2 bridgehead atoms. The lowest BCUT2D eigenvalue weighted by atomic mass is 9.77. The predicted octanol–water partition coefficient (Wildman–Crippen LogP) is 1.54. The van der Waals surface area contributed by atoms with Gasteiger partial charge >= 0.3 is 5.97 Å². The normalized spacial score (nSPS) is 33.0. The molecule has 6 nitrogen and oxygen atoms in total. The average Bonchev–Trinajstić information content (AvgIpc) is 3.23. The molecule has 6 heteroatoms. The number of nitrogens with zero attached hydrogens (tertiary/aromatic N) is 1. The van der Waals surface area contributed by atoms with Gasteiger partial charge in [-0.15, -0.1) is 0 Å². The molecule has 0 radical (unpaired) electrons. The lowest BCUT2D eigenvalue weighted by molar-refractivity contribution is -0.151. The van der Waals surface area contributed by atoms with Gasteiger partial charge in [-0.2, -0.15) is 0 Å². The fourth-order valence-corrected chi connectivity index (χ4v) is 3.99. The Morgan fingerprint density at radius 2 is 2.12 bits per heavy atom. The first kappa shape index (κ1) is 15.2. The largest absolute Gasteiger partial charge is 0.497 e. The molecule has 0 aromatic heterocycles. The monoisotopic (exact) mass is 329 g/mol. The number of amides is 1. The number of ether oxygens (including phenoxy) is 3. The fraction of sp³-hybridized carbons (Fsp3) is 0.444. The molecule has 2 fully saturated rings. The van der Waals surface area contributed by atoms with E-state index in [0.29, 0.717) is 13.2 Å². The van der Waals surface area contributed by atoms with Crippen LogP contribution in [0.1, 0.15) is 6.92 Å². The van der Waals surface area contributed by atoms with Crippen LogP contribution in [0.25, 0.3) is 0 Å². The van der Waals surface area contributed by atoms with Crippen LogP contribution in [0.5, 0.6) is 5.75 Å². The molecule has 0 aliphatic carbocycles. The third kappa shape index (κ3) is 1.99. The number of rotatable bonds is 4. The van der Waals surface area contributed by atoms with Crippen molar-refractivity contribution in [1.29, 1.82) is 0 Å². The highest BCUT2D eigenvalue weighted by Crippen LogP contribution is 2.52. The zero-order valence-corrected chi connectivity index (χ0v) is 13.6.